The van der Waals surface area contributed by atoms with Gasteiger partial charge in [-0.2, -0.15) is 0 Å². The van der Waals surface area contributed by atoms with E-state index in [4.69, 9.17) is 13.9 Å². The first-order valence-electron chi connectivity index (χ1n) is 11.7. The Morgan fingerprint density at radius 3 is 2.28 bits per heavy atom. The minimum Gasteiger partial charge on any atom is -0.445 e. The molecule has 0 spiro atoms. The first-order valence-corrected chi connectivity index (χ1v) is 11.7. The highest BCUT2D eigenvalue weighted by Crippen LogP contribution is 2.30. The maximum absolute atomic E-state index is 13.4. The summed E-state index contributed by atoms with van der Waals surface area (Å²) in [6.45, 7) is 3.79. The molecule has 0 saturated heterocycles. The molecule has 184 valence electrons. The molecule has 4 rings (SSSR count). The Morgan fingerprint density at radius 1 is 0.944 bits per heavy atom. The molecule has 36 heavy (non-hydrogen) atoms. The molecule has 1 N–H and O–H groups in total. The van der Waals surface area contributed by atoms with E-state index in [9.17, 15) is 14.4 Å². The zero-order valence-electron chi connectivity index (χ0n) is 20.2. The van der Waals surface area contributed by atoms with Crippen LogP contribution in [-0.4, -0.2) is 18.1 Å². The lowest BCUT2D eigenvalue weighted by Gasteiger charge is -2.19. The van der Waals surface area contributed by atoms with Crippen LogP contribution in [0, 0.1) is 6.92 Å². The smallest absolute Gasteiger partial charge is 0.408 e. The summed E-state index contributed by atoms with van der Waals surface area (Å²) in [5, 5.41) is 3.20. The van der Waals surface area contributed by atoms with Crippen molar-refractivity contribution in [2.24, 2.45) is 0 Å². The first-order chi connectivity index (χ1) is 17.4. The van der Waals surface area contributed by atoms with Gasteiger partial charge in [-0.15, -0.1) is 0 Å². The van der Waals surface area contributed by atoms with Crippen molar-refractivity contribution in [2.45, 2.75) is 39.3 Å². The van der Waals surface area contributed by atoms with Gasteiger partial charge in [0.05, 0.1) is 5.39 Å². The van der Waals surface area contributed by atoms with Gasteiger partial charge in [-0.25, -0.2) is 14.4 Å². The fourth-order valence-electron chi connectivity index (χ4n) is 3.96. The highest BCUT2D eigenvalue weighted by atomic mass is 16.6. The lowest BCUT2D eigenvalue weighted by molar-refractivity contribution is -0.136. The number of fused-ring (bicyclic) bond motifs is 1. The second-order valence-electron chi connectivity index (χ2n) is 8.45. The fourth-order valence-corrected chi connectivity index (χ4v) is 3.96. The number of ether oxygens (including phenoxy) is 2. The van der Waals surface area contributed by atoms with Gasteiger partial charge in [0.1, 0.15) is 24.0 Å². The summed E-state index contributed by atoms with van der Waals surface area (Å²) in [6, 6.07) is 22.4. The number of rotatable bonds is 8. The van der Waals surface area contributed by atoms with Gasteiger partial charge in [-0.3, -0.25) is 0 Å². The molecule has 0 bridgehead atoms. The average Bonchev–Trinajstić information content (AvgIpc) is 2.87. The van der Waals surface area contributed by atoms with Crippen molar-refractivity contribution in [1.82, 2.24) is 5.32 Å². The molecule has 3 aromatic carbocycles. The standard InChI is InChI=1S/C29H27NO6/c1-3-22-17-26(31)35-24-14-19(2)15-25(27(22)24)36-28(32)23(16-20-10-6-4-7-11-20)30-29(33)34-18-21-12-8-5-9-13-21/h4-15,17,23H,3,16,18H2,1-2H3,(H,30,33)/t23-/m0/s1. The van der Waals surface area contributed by atoms with Gasteiger partial charge in [-0.1, -0.05) is 67.6 Å². The summed E-state index contributed by atoms with van der Waals surface area (Å²) in [4.78, 5) is 37.9. The second kappa shape index (κ2) is 11.4. The number of hydrogen-bond donors (Lipinski definition) is 1. The van der Waals surface area contributed by atoms with Gasteiger partial charge in [0.25, 0.3) is 0 Å². The summed E-state index contributed by atoms with van der Waals surface area (Å²) in [5.41, 5.74) is 3.02. The number of carbonyl (C=O) groups is 2. The zero-order valence-corrected chi connectivity index (χ0v) is 20.2. The molecule has 7 nitrogen and oxygen atoms in total. The van der Waals surface area contributed by atoms with E-state index in [1.165, 1.54) is 6.07 Å². The van der Waals surface area contributed by atoms with Gasteiger partial charge < -0.3 is 19.2 Å². The Bertz CT molecular complexity index is 1410. The molecule has 0 fully saturated rings. The number of aryl methyl sites for hydroxylation is 2. The molecule has 4 aromatic rings. The number of esters is 1. The third-order valence-electron chi connectivity index (χ3n) is 5.70. The summed E-state index contributed by atoms with van der Waals surface area (Å²) in [6.07, 6.45) is 0.0263. The molecule has 0 saturated carbocycles. The fraction of sp³-hybridized carbons (Fsp3) is 0.207. The van der Waals surface area contributed by atoms with E-state index in [0.717, 1.165) is 16.7 Å². The van der Waals surface area contributed by atoms with Crippen LogP contribution < -0.4 is 15.7 Å². The average molecular weight is 486 g/mol. The van der Waals surface area contributed by atoms with Crippen LogP contribution in [0.25, 0.3) is 11.0 Å². The SMILES string of the molecule is CCc1cc(=O)oc2cc(C)cc(OC(=O)[C@H](Cc3ccccc3)NC(=O)OCc3ccccc3)c12. The van der Waals surface area contributed by atoms with E-state index in [1.54, 1.807) is 12.1 Å². The van der Waals surface area contributed by atoms with E-state index in [1.807, 2.05) is 74.5 Å². The normalized spacial score (nSPS) is 11.6. The summed E-state index contributed by atoms with van der Waals surface area (Å²) < 4.78 is 16.5. The summed E-state index contributed by atoms with van der Waals surface area (Å²) >= 11 is 0. The minimum atomic E-state index is -1.01. The minimum absolute atomic E-state index is 0.0706. The van der Waals surface area contributed by atoms with Gasteiger partial charge >= 0.3 is 17.7 Å². The molecule has 0 aliphatic carbocycles. The predicted octanol–water partition coefficient (Wildman–Crippen LogP) is 5.11. The molecule has 1 amide bonds. The van der Waals surface area contributed by atoms with Crippen molar-refractivity contribution in [2.75, 3.05) is 0 Å². The van der Waals surface area contributed by atoms with Gasteiger partial charge in [0.2, 0.25) is 0 Å². The highest BCUT2D eigenvalue weighted by molar-refractivity contribution is 5.91. The van der Waals surface area contributed by atoms with Crippen LogP contribution in [0.15, 0.2) is 88.1 Å². The molecular weight excluding hydrogens is 458 g/mol. The Balaban J connectivity index is 1.58. The molecule has 0 aliphatic rings. The second-order valence-corrected chi connectivity index (χ2v) is 8.45. The van der Waals surface area contributed by atoms with E-state index in [0.29, 0.717) is 23.0 Å². The number of benzene rings is 3. The molecule has 0 unspecified atom stereocenters. The predicted molar refractivity (Wildman–Crippen MR) is 136 cm³/mol. The Labute approximate surface area is 208 Å². The zero-order chi connectivity index (χ0) is 25.5. The summed E-state index contributed by atoms with van der Waals surface area (Å²) in [7, 11) is 0. The third-order valence-corrected chi connectivity index (χ3v) is 5.70. The highest BCUT2D eigenvalue weighted by Gasteiger charge is 2.26. The van der Waals surface area contributed by atoms with Crippen molar-refractivity contribution >= 4 is 23.0 Å². The van der Waals surface area contributed by atoms with E-state index in [2.05, 4.69) is 5.32 Å². The van der Waals surface area contributed by atoms with Crippen molar-refractivity contribution < 1.29 is 23.5 Å². The molecule has 1 atom stereocenters. The van der Waals surface area contributed by atoms with Crippen LogP contribution in [-0.2, 0) is 29.0 Å². The van der Waals surface area contributed by atoms with Crippen molar-refractivity contribution in [3.8, 4) is 5.75 Å². The van der Waals surface area contributed by atoms with Crippen molar-refractivity contribution in [1.29, 1.82) is 0 Å². The molecule has 0 radical (unpaired) electrons. The Hall–Kier alpha value is -4.39. The molecular formula is C29H27NO6. The van der Waals surface area contributed by atoms with E-state index in [-0.39, 0.29) is 18.8 Å². The van der Waals surface area contributed by atoms with Crippen molar-refractivity contribution in [3.63, 3.8) is 0 Å². The Kier molecular flexibility index (Phi) is 7.80. The maximum Gasteiger partial charge on any atom is 0.408 e. The number of carbonyl (C=O) groups excluding carboxylic acids is 2. The number of hydrogen-bond acceptors (Lipinski definition) is 6. The topological polar surface area (TPSA) is 94.8 Å². The van der Waals surface area contributed by atoms with Gasteiger partial charge in [0, 0.05) is 12.5 Å². The molecule has 0 aliphatic heterocycles. The number of nitrogens with one attached hydrogen (secondary N) is 1. The maximum atomic E-state index is 13.4. The monoisotopic (exact) mass is 485 g/mol. The lowest BCUT2D eigenvalue weighted by Crippen LogP contribution is -2.44. The van der Waals surface area contributed by atoms with Crippen LogP contribution in [0.5, 0.6) is 5.75 Å². The lowest BCUT2D eigenvalue weighted by atomic mass is 10.0. The van der Waals surface area contributed by atoms with Crippen LogP contribution in [0.4, 0.5) is 4.79 Å². The summed E-state index contributed by atoms with van der Waals surface area (Å²) in [5.74, 6) is -0.385. The third kappa shape index (κ3) is 6.18. The number of amides is 1. The first kappa shape index (κ1) is 24.7. The quantitative estimate of drug-likeness (QED) is 0.212. The van der Waals surface area contributed by atoms with Crippen LogP contribution in [0.3, 0.4) is 0 Å². The molecule has 1 heterocycles. The number of alkyl carbamates (subject to hydrolysis) is 1. The van der Waals surface area contributed by atoms with Crippen LogP contribution in [0.2, 0.25) is 0 Å². The van der Waals surface area contributed by atoms with E-state index >= 15 is 0 Å². The largest absolute Gasteiger partial charge is 0.445 e. The van der Waals surface area contributed by atoms with Gasteiger partial charge in [0.15, 0.2) is 0 Å². The van der Waals surface area contributed by atoms with Gasteiger partial charge in [-0.05, 0) is 47.7 Å². The molecule has 7 heteroatoms. The Morgan fingerprint density at radius 2 is 1.61 bits per heavy atom. The molecule has 1 aromatic heterocycles. The van der Waals surface area contributed by atoms with Crippen LogP contribution in [0.1, 0.15) is 29.2 Å². The van der Waals surface area contributed by atoms with E-state index < -0.39 is 23.7 Å². The van der Waals surface area contributed by atoms with Crippen molar-refractivity contribution in [3.05, 3.63) is 112 Å². The van der Waals surface area contributed by atoms with Crippen LogP contribution >= 0.6 is 0 Å².